The maximum Gasteiger partial charge on any atom is 0.147 e. The first-order valence-electron chi connectivity index (χ1n) is 8.09. The maximum atomic E-state index is 4.37. The fraction of sp³-hybridized carbons (Fsp3) is 0.625. The minimum Gasteiger partial charge on any atom is -0.314 e. The Morgan fingerprint density at radius 2 is 2.19 bits per heavy atom. The summed E-state index contributed by atoms with van der Waals surface area (Å²) in [5.41, 5.74) is 0. The van der Waals surface area contributed by atoms with Crippen molar-refractivity contribution in [2.45, 2.75) is 57.7 Å². The van der Waals surface area contributed by atoms with E-state index in [2.05, 4.69) is 37.6 Å². The predicted octanol–water partition coefficient (Wildman–Crippen LogP) is 3.31. The van der Waals surface area contributed by atoms with Crippen molar-refractivity contribution in [2.75, 3.05) is 0 Å². The van der Waals surface area contributed by atoms with Gasteiger partial charge in [-0.25, -0.2) is 0 Å². The van der Waals surface area contributed by atoms with Crippen LogP contribution in [0.25, 0.3) is 0 Å². The number of aromatic nitrogens is 3. The fourth-order valence-corrected chi connectivity index (χ4v) is 4.70. The summed E-state index contributed by atoms with van der Waals surface area (Å²) in [7, 11) is 0. The van der Waals surface area contributed by atoms with Gasteiger partial charge in [-0.15, -0.1) is 21.5 Å². The second-order valence-electron chi connectivity index (χ2n) is 6.21. The third-order valence-electron chi connectivity index (χ3n) is 4.89. The number of hydrogen-bond donors (Lipinski definition) is 1. The zero-order valence-corrected chi connectivity index (χ0v) is 13.1. The van der Waals surface area contributed by atoms with Crippen LogP contribution in [0.5, 0.6) is 0 Å². The lowest BCUT2D eigenvalue weighted by Crippen LogP contribution is -2.27. The van der Waals surface area contributed by atoms with Gasteiger partial charge in [0.05, 0.1) is 6.54 Å². The van der Waals surface area contributed by atoms with E-state index >= 15 is 0 Å². The molecule has 2 aromatic rings. The first-order valence-corrected chi connectivity index (χ1v) is 8.97. The Morgan fingerprint density at radius 3 is 3.00 bits per heavy atom. The molecule has 1 fully saturated rings. The van der Waals surface area contributed by atoms with Crippen molar-refractivity contribution in [1.82, 2.24) is 20.1 Å². The van der Waals surface area contributed by atoms with E-state index in [-0.39, 0.29) is 0 Å². The molecule has 21 heavy (non-hydrogen) atoms. The van der Waals surface area contributed by atoms with Crippen LogP contribution in [0.1, 0.15) is 54.7 Å². The maximum absolute atomic E-state index is 4.37. The van der Waals surface area contributed by atoms with Gasteiger partial charge in [-0.3, -0.25) is 0 Å². The summed E-state index contributed by atoms with van der Waals surface area (Å²) in [4.78, 5) is 1.48. The van der Waals surface area contributed by atoms with E-state index < -0.39 is 0 Å². The smallest absolute Gasteiger partial charge is 0.147 e. The second-order valence-corrected chi connectivity index (χ2v) is 7.19. The van der Waals surface area contributed by atoms with E-state index in [0.717, 1.165) is 31.3 Å². The summed E-state index contributed by atoms with van der Waals surface area (Å²) in [5.74, 6) is 3.06. The number of aryl methyl sites for hydroxylation is 1. The monoisotopic (exact) mass is 302 g/mol. The lowest BCUT2D eigenvalue weighted by atomic mass is 9.96. The zero-order chi connectivity index (χ0) is 14.1. The van der Waals surface area contributed by atoms with Gasteiger partial charge in [0.2, 0.25) is 0 Å². The summed E-state index contributed by atoms with van der Waals surface area (Å²) in [6, 6.07) is 4.93. The Labute approximate surface area is 129 Å². The van der Waals surface area contributed by atoms with Crippen LogP contribution in [-0.2, 0) is 19.5 Å². The lowest BCUT2D eigenvalue weighted by Gasteiger charge is -2.23. The molecular formula is C16H22N4S. The van der Waals surface area contributed by atoms with E-state index in [4.69, 9.17) is 0 Å². The van der Waals surface area contributed by atoms with Crippen molar-refractivity contribution in [3.8, 4) is 0 Å². The minimum atomic E-state index is 0.488. The summed E-state index contributed by atoms with van der Waals surface area (Å²) in [6.45, 7) is 1.93. The topological polar surface area (TPSA) is 42.7 Å². The first-order chi connectivity index (χ1) is 10.4. The Balaban J connectivity index is 1.49. The second kappa shape index (κ2) is 5.89. The van der Waals surface area contributed by atoms with Crippen LogP contribution in [0.3, 0.4) is 0 Å². The Morgan fingerprint density at radius 1 is 1.29 bits per heavy atom. The van der Waals surface area contributed by atoms with Crippen LogP contribution in [0.15, 0.2) is 17.5 Å². The summed E-state index contributed by atoms with van der Waals surface area (Å²) < 4.78 is 2.30. The normalized spacial score (nSPS) is 20.0. The molecule has 2 aromatic heterocycles. The number of nitrogens with one attached hydrogen (secondary N) is 1. The van der Waals surface area contributed by atoms with E-state index in [0.29, 0.717) is 6.04 Å². The van der Waals surface area contributed by atoms with Crippen LogP contribution in [0.2, 0.25) is 0 Å². The summed E-state index contributed by atoms with van der Waals surface area (Å²) in [5, 5.41) is 14.7. The van der Waals surface area contributed by atoms with Crippen molar-refractivity contribution in [3.63, 3.8) is 0 Å². The lowest BCUT2D eigenvalue weighted by molar-refractivity contribution is 0.365. The van der Waals surface area contributed by atoms with Crippen molar-refractivity contribution in [1.29, 1.82) is 0 Å². The molecule has 1 aliphatic carbocycles. The molecule has 1 atom stereocenters. The molecule has 2 aliphatic rings. The van der Waals surface area contributed by atoms with Crippen LogP contribution in [0.4, 0.5) is 0 Å². The van der Waals surface area contributed by atoms with Crippen molar-refractivity contribution in [2.24, 2.45) is 5.92 Å². The molecule has 1 saturated carbocycles. The number of hydrogen-bond acceptors (Lipinski definition) is 4. The molecule has 0 amide bonds. The van der Waals surface area contributed by atoms with Crippen LogP contribution in [-0.4, -0.2) is 14.8 Å². The van der Waals surface area contributed by atoms with Crippen LogP contribution >= 0.6 is 11.3 Å². The third-order valence-corrected chi connectivity index (χ3v) is 5.84. The summed E-state index contributed by atoms with van der Waals surface area (Å²) in [6.07, 6.45) is 7.78. The predicted molar refractivity (Wildman–Crippen MR) is 84.2 cm³/mol. The average Bonchev–Trinajstić information content (AvgIpc) is 3.27. The molecule has 5 heteroatoms. The highest BCUT2D eigenvalue weighted by atomic mass is 32.1. The molecule has 112 valence electrons. The zero-order valence-electron chi connectivity index (χ0n) is 12.3. The number of thiophene rings is 1. The van der Waals surface area contributed by atoms with Crippen LogP contribution < -0.4 is 5.32 Å². The molecule has 4 nitrogen and oxygen atoms in total. The molecule has 4 rings (SSSR count). The molecule has 0 spiro atoms. The third kappa shape index (κ3) is 2.64. The van der Waals surface area contributed by atoms with Gasteiger partial charge < -0.3 is 9.88 Å². The van der Waals surface area contributed by atoms with Gasteiger partial charge in [-0.05, 0) is 36.6 Å². The quantitative estimate of drug-likeness (QED) is 0.921. The Kier molecular flexibility index (Phi) is 3.78. The minimum absolute atomic E-state index is 0.488. The molecule has 0 radical (unpaired) electrons. The van der Waals surface area contributed by atoms with Gasteiger partial charge >= 0.3 is 0 Å². The largest absolute Gasteiger partial charge is 0.314 e. The highest BCUT2D eigenvalue weighted by molar-refractivity contribution is 7.10. The molecule has 0 saturated heterocycles. The van der Waals surface area contributed by atoms with Gasteiger partial charge in [0.1, 0.15) is 11.6 Å². The number of nitrogens with zero attached hydrogens (tertiary/aromatic N) is 3. The van der Waals surface area contributed by atoms with Gasteiger partial charge in [0.15, 0.2) is 0 Å². The molecule has 1 N–H and O–H groups in total. The van der Waals surface area contributed by atoms with Crippen LogP contribution in [0, 0.1) is 5.92 Å². The van der Waals surface area contributed by atoms with Gasteiger partial charge in [0.25, 0.3) is 0 Å². The van der Waals surface area contributed by atoms with Crippen molar-refractivity contribution < 1.29 is 0 Å². The van der Waals surface area contributed by atoms with E-state index in [9.17, 15) is 0 Å². The van der Waals surface area contributed by atoms with Gasteiger partial charge in [-0.2, -0.15) is 0 Å². The molecular weight excluding hydrogens is 280 g/mol. The van der Waals surface area contributed by atoms with Gasteiger partial charge in [-0.1, -0.05) is 18.9 Å². The molecule has 1 unspecified atom stereocenters. The van der Waals surface area contributed by atoms with E-state index in [1.807, 2.05) is 11.3 Å². The highest BCUT2D eigenvalue weighted by Gasteiger charge is 2.27. The fourth-order valence-electron chi connectivity index (χ4n) is 3.80. The average molecular weight is 302 g/mol. The number of fused-ring (bicyclic) bond motifs is 1. The Hall–Kier alpha value is -1.20. The van der Waals surface area contributed by atoms with E-state index in [1.54, 1.807) is 0 Å². The molecule has 0 bridgehead atoms. The van der Waals surface area contributed by atoms with Crippen molar-refractivity contribution in [3.05, 3.63) is 34.0 Å². The van der Waals surface area contributed by atoms with E-state index in [1.165, 1.54) is 42.8 Å². The first kappa shape index (κ1) is 13.5. The summed E-state index contributed by atoms with van der Waals surface area (Å²) >= 11 is 1.88. The SMILES string of the molecule is c1csc(C(NCc2nnc3n2CCC3)C2CCCC2)c1. The highest BCUT2D eigenvalue weighted by Crippen LogP contribution is 2.37. The number of rotatable bonds is 5. The molecule has 3 heterocycles. The standard InChI is InChI=1S/C16H22N4S/c1-2-6-12(5-1)16(13-7-4-10-21-13)17-11-15-19-18-14-8-3-9-20(14)15/h4,7,10,12,16-17H,1-3,5-6,8-9,11H2. The molecule has 0 aromatic carbocycles. The van der Waals surface area contributed by atoms with Crippen molar-refractivity contribution >= 4 is 11.3 Å². The molecule has 1 aliphatic heterocycles. The Bertz CT molecular complexity index is 583. The van der Waals surface area contributed by atoms with Gasteiger partial charge in [0, 0.05) is 23.9 Å².